The van der Waals surface area contributed by atoms with Gasteiger partial charge in [-0.1, -0.05) is 34.1 Å². The van der Waals surface area contributed by atoms with Crippen LogP contribution in [0.3, 0.4) is 0 Å². The monoisotopic (exact) mass is 292 g/mol. The maximum atomic E-state index is 3.49. The molecule has 3 heteroatoms. The highest BCUT2D eigenvalue weighted by Gasteiger charge is 1.97. The van der Waals surface area contributed by atoms with E-state index in [2.05, 4.69) is 63.0 Å². The number of nitrogens with one attached hydrogen (secondary N) is 2. The Morgan fingerprint density at radius 1 is 1.00 bits per heavy atom. The second-order valence-corrected chi connectivity index (χ2v) is 5.02. The lowest BCUT2D eigenvalue weighted by atomic mass is 10.1. The predicted octanol–water partition coefficient (Wildman–Crippen LogP) is 2.91. The Hall–Kier alpha value is -0.900. The summed E-state index contributed by atoms with van der Waals surface area (Å²) in [5.41, 5.74) is 1.33. The topological polar surface area (TPSA) is 24.1 Å². The Labute approximate surface area is 111 Å². The Kier molecular flexibility index (Phi) is 4.54. The molecule has 0 spiro atoms. The lowest BCUT2D eigenvalue weighted by Gasteiger charge is -2.06. The number of rotatable bonds is 5. The zero-order chi connectivity index (χ0) is 12.1. The highest BCUT2D eigenvalue weighted by molar-refractivity contribution is 9.10. The van der Waals surface area contributed by atoms with Gasteiger partial charge in [0.2, 0.25) is 0 Å². The van der Waals surface area contributed by atoms with Gasteiger partial charge in [0.05, 0.1) is 0 Å². The molecule has 90 valence electrons. The van der Waals surface area contributed by atoms with Crippen molar-refractivity contribution in [1.29, 1.82) is 0 Å². The number of fused-ring (bicyclic) bond motifs is 1. The van der Waals surface area contributed by atoms with Crippen LogP contribution >= 0.6 is 15.9 Å². The summed E-state index contributed by atoms with van der Waals surface area (Å²) in [6.45, 7) is 2.92. The maximum Gasteiger partial charge on any atom is 0.0206 e. The van der Waals surface area contributed by atoms with Crippen LogP contribution in [0.1, 0.15) is 5.56 Å². The molecule has 2 nitrogen and oxygen atoms in total. The fourth-order valence-corrected chi connectivity index (χ4v) is 2.20. The van der Waals surface area contributed by atoms with Gasteiger partial charge in [-0.05, 0) is 41.6 Å². The number of benzene rings is 2. The smallest absolute Gasteiger partial charge is 0.0206 e. The Balaban J connectivity index is 2.07. The minimum atomic E-state index is 0.924. The van der Waals surface area contributed by atoms with Gasteiger partial charge < -0.3 is 10.6 Å². The maximum absolute atomic E-state index is 3.49. The highest BCUT2D eigenvalue weighted by Crippen LogP contribution is 2.20. The van der Waals surface area contributed by atoms with Gasteiger partial charge in [-0.15, -0.1) is 0 Å². The van der Waals surface area contributed by atoms with E-state index in [1.54, 1.807) is 0 Å². The van der Waals surface area contributed by atoms with E-state index < -0.39 is 0 Å². The average molecular weight is 293 g/mol. The first-order chi connectivity index (χ1) is 8.29. The average Bonchev–Trinajstić information content (AvgIpc) is 2.35. The molecule has 0 aliphatic heterocycles. The first kappa shape index (κ1) is 12.6. The number of hydrogen-bond acceptors (Lipinski definition) is 2. The van der Waals surface area contributed by atoms with Crippen LogP contribution in [0.15, 0.2) is 40.9 Å². The van der Waals surface area contributed by atoms with Crippen molar-refractivity contribution in [3.05, 3.63) is 46.4 Å². The van der Waals surface area contributed by atoms with Crippen LogP contribution in [0.2, 0.25) is 0 Å². The predicted molar refractivity (Wildman–Crippen MR) is 77.3 cm³/mol. The largest absolute Gasteiger partial charge is 0.318 e. The van der Waals surface area contributed by atoms with Gasteiger partial charge in [0.25, 0.3) is 0 Å². The first-order valence-electron chi connectivity index (χ1n) is 5.83. The van der Waals surface area contributed by atoms with Gasteiger partial charge in [0.1, 0.15) is 0 Å². The van der Waals surface area contributed by atoms with Crippen LogP contribution in [0.5, 0.6) is 0 Å². The molecule has 0 aliphatic carbocycles. The van der Waals surface area contributed by atoms with Crippen molar-refractivity contribution >= 4 is 26.7 Å². The SMILES string of the molecule is CNCCNCc1ccc2cc(Br)ccc2c1. The van der Waals surface area contributed by atoms with E-state index in [1.807, 2.05) is 7.05 Å². The zero-order valence-electron chi connectivity index (χ0n) is 9.96. The van der Waals surface area contributed by atoms with E-state index in [0.717, 1.165) is 24.1 Å². The van der Waals surface area contributed by atoms with Gasteiger partial charge in [0, 0.05) is 24.1 Å². The molecule has 17 heavy (non-hydrogen) atoms. The summed E-state index contributed by atoms with van der Waals surface area (Å²) in [5.74, 6) is 0. The second-order valence-electron chi connectivity index (χ2n) is 4.11. The van der Waals surface area contributed by atoms with Gasteiger partial charge in [-0.3, -0.25) is 0 Å². The lowest BCUT2D eigenvalue weighted by Crippen LogP contribution is -2.24. The molecular weight excluding hydrogens is 276 g/mol. The molecule has 0 atom stereocenters. The van der Waals surface area contributed by atoms with E-state index in [0.29, 0.717) is 0 Å². The Morgan fingerprint density at radius 2 is 1.76 bits per heavy atom. The van der Waals surface area contributed by atoms with Crippen molar-refractivity contribution < 1.29 is 0 Å². The van der Waals surface area contributed by atoms with E-state index in [-0.39, 0.29) is 0 Å². The number of halogens is 1. The molecule has 0 aliphatic rings. The minimum absolute atomic E-state index is 0.924. The van der Waals surface area contributed by atoms with E-state index in [4.69, 9.17) is 0 Å². The number of likely N-dealkylation sites (N-methyl/N-ethyl adjacent to an activating group) is 1. The van der Waals surface area contributed by atoms with Crippen molar-refractivity contribution in [2.24, 2.45) is 0 Å². The molecule has 0 amide bonds. The minimum Gasteiger partial charge on any atom is -0.318 e. The van der Waals surface area contributed by atoms with Gasteiger partial charge in [-0.25, -0.2) is 0 Å². The molecular formula is C14H17BrN2. The van der Waals surface area contributed by atoms with Crippen LogP contribution in [0.25, 0.3) is 10.8 Å². The van der Waals surface area contributed by atoms with Crippen molar-refractivity contribution in [2.45, 2.75) is 6.54 Å². The molecule has 2 aromatic carbocycles. The summed E-state index contributed by atoms with van der Waals surface area (Å²) in [6.07, 6.45) is 0. The molecule has 2 rings (SSSR count). The van der Waals surface area contributed by atoms with Crippen LogP contribution in [-0.2, 0) is 6.54 Å². The van der Waals surface area contributed by atoms with Gasteiger partial charge in [-0.2, -0.15) is 0 Å². The molecule has 0 unspecified atom stereocenters. The van der Waals surface area contributed by atoms with E-state index >= 15 is 0 Å². The van der Waals surface area contributed by atoms with Crippen LogP contribution in [-0.4, -0.2) is 20.1 Å². The van der Waals surface area contributed by atoms with E-state index in [1.165, 1.54) is 16.3 Å². The summed E-state index contributed by atoms with van der Waals surface area (Å²) in [6, 6.07) is 13.0. The molecule has 0 heterocycles. The summed E-state index contributed by atoms with van der Waals surface area (Å²) >= 11 is 3.49. The van der Waals surface area contributed by atoms with Gasteiger partial charge in [0.15, 0.2) is 0 Å². The third kappa shape index (κ3) is 3.53. The molecule has 2 aromatic rings. The second kappa shape index (κ2) is 6.15. The summed E-state index contributed by atoms with van der Waals surface area (Å²) < 4.78 is 1.13. The molecule has 0 radical (unpaired) electrons. The van der Waals surface area contributed by atoms with Crippen molar-refractivity contribution in [3.8, 4) is 0 Å². The third-order valence-corrected chi connectivity index (χ3v) is 3.24. The zero-order valence-corrected chi connectivity index (χ0v) is 11.5. The van der Waals surface area contributed by atoms with Crippen LogP contribution < -0.4 is 10.6 Å². The molecule has 0 aromatic heterocycles. The summed E-state index contributed by atoms with van der Waals surface area (Å²) in [7, 11) is 1.97. The van der Waals surface area contributed by atoms with Crippen molar-refractivity contribution in [3.63, 3.8) is 0 Å². The molecule has 0 saturated carbocycles. The quantitative estimate of drug-likeness (QED) is 0.828. The summed E-state index contributed by atoms with van der Waals surface area (Å²) in [4.78, 5) is 0. The first-order valence-corrected chi connectivity index (χ1v) is 6.62. The van der Waals surface area contributed by atoms with E-state index in [9.17, 15) is 0 Å². The molecule has 0 bridgehead atoms. The lowest BCUT2D eigenvalue weighted by molar-refractivity contribution is 0.651. The normalized spacial score (nSPS) is 10.9. The number of hydrogen-bond donors (Lipinski definition) is 2. The standard InChI is InChI=1S/C14H17BrN2/c1-16-6-7-17-10-11-2-3-13-9-14(15)5-4-12(13)8-11/h2-5,8-9,16-17H,6-7,10H2,1H3. The Bertz CT molecular complexity index is 497. The van der Waals surface area contributed by atoms with Gasteiger partial charge >= 0.3 is 0 Å². The Morgan fingerprint density at radius 3 is 2.59 bits per heavy atom. The van der Waals surface area contributed by atoms with Crippen molar-refractivity contribution in [2.75, 3.05) is 20.1 Å². The molecule has 0 saturated heterocycles. The van der Waals surface area contributed by atoms with Crippen molar-refractivity contribution in [1.82, 2.24) is 10.6 Å². The fraction of sp³-hybridized carbons (Fsp3) is 0.286. The fourth-order valence-electron chi connectivity index (χ4n) is 1.82. The molecule has 0 fully saturated rings. The summed E-state index contributed by atoms with van der Waals surface area (Å²) in [5, 5.41) is 9.10. The highest BCUT2D eigenvalue weighted by atomic mass is 79.9. The van der Waals surface area contributed by atoms with Crippen LogP contribution in [0, 0.1) is 0 Å². The molecule has 2 N–H and O–H groups in total. The third-order valence-electron chi connectivity index (χ3n) is 2.75. The van der Waals surface area contributed by atoms with Crippen LogP contribution in [0.4, 0.5) is 0 Å².